The molecule has 2 rings (SSSR count). The minimum Gasteiger partial charge on any atom is -0.444 e. The van der Waals surface area contributed by atoms with Gasteiger partial charge in [0, 0.05) is 17.6 Å². The fraction of sp³-hybridized carbons (Fsp3) is 0.438. The second-order valence-corrected chi connectivity index (χ2v) is 7.23. The van der Waals surface area contributed by atoms with E-state index < -0.39 is 23.4 Å². The zero-order chi connectivity index (χ0) is 17.4. The number of carbonyl (C=O) groups is 1. The van der Waals surface area contributed by atoms with Crippen LogP contribution in [0, 0.1) is 0 Å². The first-order valence-electron chi connectivity index (χ1n) is 7.00. The lowest BCUT2D eigenvalue weighted by Gasteiger charge is -2.35. The number of amides is 1. The molecule has 0 bridgehead atoms. The number of ether oxygens (including phenoxy) is 1. The van der Waals surface area contributed by atoms with Crippen molar-refractivity contribution in [2.75, 3.05) is 13.1 Å². The molecule has 23 heavy (non-hydrogen) atoms. The molecule has 1 amide bonds. The summed E-state index contributed by atoms with van der Waals surface area (Å²) in [6.07, 6.45) is -3.15. The maximum atomic E-state index is 12.9. The van der Waals surface area contributed by atoms with E-state index in [4.69, 9.17) is 4.74 Å². The Morgan fingerprint density at radius 3 is 2.39 bits per heavy atom. The van der Waals surface area contributed by atoms with Gasteiger partial charge in [-0.2, -0.15) is 13.2 Å². The van der Waals surface area contributed by atoms with Crippen LogP contribution in [0.25, 0.3) is 6.08 Å². The maximum absolute atomic E-state index is 12.9. The van der Waals surface area contributed by atoms with Crippen LogP contribution < -0.4 is 0 Å². The fourth-order valence-corrected chi connectivity index (χ4v) is 2.55. The monoisotopic (exact) mass is 391 g/mol. The Morgan fingerprint density at radius 2 is 1.87 bits per heavy atom. The van der Waals surface area contributed by atoms with Gasteiger partial charge in [0.05, 0.1) is 5.56 Å². The number of likely N-dealkylation sites (tertiary alicyclic amines) is 1. The summed E-state index contributed by atoms with van der Waals surface area (Å²) in [4.78, 5) is 13.3. The van der Waals surface area contributed by atoms with Crippen molar-refractivity contribution in [1.82, 2.24) is 4.90 Å². The van der Waals surface area contributed by atoms with Gasteiger partial charge in [0.2, 0.25) is 0 Å². The Hall–Kier alpha value is -1.50. The van der Waals surface area contributed by atoms with Gasteiger partial charge in [-0.25, -0.2) is 4.79 Å². The lowest BCUT2D eigenvalue weighted by Crippen LogP contribution is -2.46. The molecule has 1 fully saturated rings. The molecule has 0 radical (unpaired) electrons. The van der Waals surface area contributed by atoms with Crippen LogP contribution in [0.3, 0.4) is 0 Å². The average Bonchev–Trinajstić information content (AvgIpc) is 2.31. The predicted molar refractivity (Wildman–Crippen MR) is 84.9 cm³/mol. The van der Waals surface area contributed by atoms with Crippen LogP contribution in [0.1, 0.15) is 31.9 Å². The lowest BCUT2D eigenvalue weighted by atomic mass is 10.0. The van der Waals surface area contributed by atoms with Crippen molar-refractivity contribution in [2.24, 2.45) is 0 Å². The predicted octanol–water partition coefficient (Wildman–Crippen LogP) is 5.10. The molecule has 0 spiro atoms. The second kappa shape index (κ2) is 6.19. The molecule has 1 heterocycles. The van der Waals surface area contributed by atoms with Gasteiger partial charge in [-0.3, -0.25) is 0 Å². The van der Waals surface area contributed by atoms with Gasteiger partial charge in [0.25, 0.3) is 0 Å². The summed E-state index contributed by atoms with van der Waals surface area (Å²) in [6, 6.07) is 4.06. The van der Waals surface area contributed by atoms with E-state index in [-0.39, 0.29) is 4.47 Å². The highest BCUT2D eigenvalue weighted by Crippen LogP contribution is 2.36. The maximum Gasteiger partial charge on any atom is 0.417 e. The third-order valence-electron chi connectivity index (χ3n) is 3.11. The number of benzene rings is 1. The summed E-state index contributed by atoms with van der Waals surface area (Å²) in [5.41, 5.74) is 0.0602. The van der Waals surface area contributed by atoms with E-state index in [0.29, 0.717) is 18.7 Å². The summed E-state index contributed by atoms with van der Waals surface area (Å²) in [5, 5.41) is 0. The van der Waals surface area contributed by atoms with Crippen LogP contribution in [-0.2, 0) is 10.9 Å². The normalized spacial score (nSPS) is 15.3. The minimum absolute atomic E-state index is 0.0103. The van der Waals surface area contributed by atoms with Gasteiger partial charge in [-0.1, -0.05) is 28.1 Å². The van der Waals surface area contributed by atoms with E-state index >= 15 is 0 Å². The summed E-state index contributed by atoms with van der Waals surface area (Å²) in [7, 11) is 0. The van der Waals surface area contributed by atoms with E-state index in [2.05, 4.69) is 15.9 Å². The molecule has 1 aliphatic rings. The highest BCUT2D eigenvalue weighted by atomic mass is 79.9. The largest absolute Gasteiger partial charge is 0.444 e. The Labute approximate surface area is 141 Å². The quantitative estimate of drug-likeness (QED) is 0.666. The van der Waals surface area contributed by atoms with Crippen LogP contribution in [0.2, 0.25) is 0 Å². The summed E-state index contributed by atoms with van der Waals surface area (Å²) >= 11 is 2.91. The van der Waals surface area contributed by atoms with Crippen LogP contribution in [0.4, 0.5) is 18.0 Å². The zero-order valence-corrected chi connectivity index (χ0v) is 14.6. The third kappa shape index (κ3) is 4.73. The van der Waals surface area contributed by atoms with Gasteiger partial charge in [-0.15, -0.1) is 0 Å². The zero-order valence-electron chi connectivity index (χ0n) is 13.0. The van der Waals surface area contributed by atoms with Gasteiger partial charge in [0.1, 0.15) is 5.60 Å². The number of hydrogen-bond acceptors (Lipinski definition) is 2. The first kappa shape index (κ1) is 17.8. The molecule has 0 N–H and O–H groups in total. The summed E-state index contributed by atoms with van der Waals surface area (Å²) in [5.74, 6) is 0. The minimum atomic E-state index is -4.41. The van der Waals surface area contributed by atoms with E-state index in [1.54, 1.807) is 32.9 Å². The van der Waals surface area contributed by atoms with Crippen LogP contribution in [-0.4, -0.2) is 29.7 Å². The van der Waals surface area contributed by atoms with Crippen molar-refractivity contribution < 1.29 is 22.7 Å². The van der Waals surface area contributed by atoms with E-state index in [0.717, 1.165) is 11.6 Å². The third-order valence-corrected chi connectivity index (χ3v) is 3.80. The Balaban J connectivity index is 2.05. The van der Waals surface area contributed by atoms with E-state index in [1.807, 2.05) is 0 Å². The van der Waals surface area contributed by atoms with Crippen molar-refractivity contribution in [3.63, 3.8) is 0 Å². The molecule has 1 aromatic carbocycles. The molecule has 1 aliphatic heterocycles. The SMILES string of the molecule is CC(C)(C)OC(=O)N1CC(=Cc2ccc(Br)c(C(F)(F)F)c2)C1. The van der Waals surface area contributed by atoms with Crippen molar-refractivity contribution in [3.05, 3.63) is 39.4 Å². The molecule has 0 saturated carbocycles. The average molecular weight is 392 g/mol. The summed E-state index contributed by atoms with van der Waals surface area (Å²) < 4.78 is 43.8. The van der Waals surface area contributed by atoms with Gasteiger partial charge in [0.15, 0.2) is 0 Å². The molecule has 1 saturated heterocycles. The number of nitrogens with zero attached hydrogens (tertiary/aromatic N) is 1. The summed E-state index contributed by atoms with van der Waals surface area (Å²) in [6.45, 7) is 6.07. The van der Waals surface area contributed by atoms with Crippen molar-refractivity contribution in [3.8, 4) is 0 Å². The number of rotatable bonds is 1. The molecule has 0 atom stereocenters. The molecule has 0 aliphatic carbocycles. The standard InChI is InChI=1S/C16H17BrF3NO2/c1-15(2,3)23-14(22)21-8-11(9-21)6-10-4-5-13(17)12(7-10)16(18,19)20/h4-7H,8-9H2,1-3H3. The van der Waals surface area contributed by atoms with Gasteiger partial charge in [-0.05, 0) is 44.0 Å². The molecular formula is C16H17BrF3NO2. The lowest BCUT2D eigenvalue weighted by molar-refractivity contribution is -0.138. The van der Waals surface area contributed by atoms with Gasteiger partial charge < -0.3 is 9.64 Å². The molecule has 3 nitrogen and oxygen atoms in total. The molecule has 0 unspecified atom stereocenters. The Bertz CT molecular complexity index is 640. The first-order valence-corrected chi connectivity index (χ1v) is 7.79. The van der Waals surface area contributed by atoms with Crippen LogP contribution in [0.5, 0.6) is 0 Å². The van der Waals surface area contributed by atoms with Gasteiger partial charge >= 0.3 is 12.3 Å². The molecule has 1 aromatic rings. The molecule has 126 valence electrons. The number of halogens is 4. The smallest absolute Gasteiger partial charge is 0.417 e. The van der Waals surface area contributed by atoms with Crippen LogP contribution in [0.15, 0.2) is 28.2 Å². The number of hydrogen-bond donors (Lipinski definition) is 0. The van der Waals surface area contributed by atoms with Crippen molar-refractivity contribution in [2.45, 2.75) is 32.5 Å². The fourth-order valence-electron chi connectivity index (χ4n) is 2.08. The second-order valence-electron chi connectivity index (χ2n) is 6.38. The van der Waals surface area contributed by atoms with Crippen LogP contribution >= 0.6 is 15.9 Å². The Kier molecular flexibility index (Phi) is 4.80. The van der Waals surface area contributed by atoms with Crippen molar-refractivity contribution >= 4 is 28.1 Å². The Morgan fingerprint density at radius 1 is 1.26 bits per heavy atom. The van der Waals surface area contributed by atoms with Crippen molar-refractivity contribution in [1.29, 1.82) is 0 Å². The molecular weight excluding hydrogens is 375 g/mol. The molecule has 0 aromatic heterocycles. The topological polar surface area (TPSA) is 29.5 Å². The number of carbonyl (C=O) groups excluding carboxylic acids is 1. The number of alkyl halides is 3. The van der Waals surface area contributed by atoms with E-state index in [9.17, 15) is 18.0 Å². The molecule has 7 heteroatoms. The van der Waals surface area contributed by atoms with E-state index in [1.165, 1.54) is 11.0 Å². The highest BCUT2D eigenvalue weighted by Gasteiger charge is 2.33. The first-order chi connectivity index (χ1) is 10.5. The highest BCUT2D eigenvalue weighted by molar-refractivity contribution is 9.10.